The van der Waals surface area contributed by atoms with Crippen LogP contribution < -0.4 is 5.32 Å². The average molecular weight is 226 g/mol. The van der Waals surface area contributed by atoms with Gasteiger partial charge < -0.3 is 10.1 Å². The van der Waals surface area contributed by atoms with Crippen molar-refractivity contribution in [3.63, 3.8) is 0 Å². The van der Waals surface area contributed by atoms with Crippen LogP contribution in [0.25, 0.3) is 0 Å². The Bertz CT molecular complexity index is 196. The zero-order chi connectivity index (χ0) is 11.8. The third kappa shape index (κ3) is 4.64. The molecule has 1 rings (SSSR count). The van der Waals surface area contributed by atoms with Crippen molar-refractivity contribution in [2.45, 2.75) is 25.8 Å². The van der Waals surface area contributed by atoms with E-state index in [1.54, 1.807) is 7.11 Å². The first-order valence-electron chi connectivity index (χ1n) is 6.34. The van der Waals surface area contributed by atoms with Gasteiger partial charge in [-0.05, 0) is 38.8 Å². The zero-order valence-corrected chi connectivity index (χ0v) is 10.7. The van der Waals surface area contributed by atoms with Gasteiger partial charge in [-0.3, -0.25) is 4.90 Å². The van der Waals surface area contributed by atoms with E-state index in [0.29, 0.717) is 6.04 Å². The van der Waals surface area contributed by atoms with Crippen LogP contribution in [0, 0.1) is 5.92 Å². The average Bonchev–Trinajstić information content (AvgIpc) is 2.34. The molecule has 94 valence electrons. The molecule has 3 heteroatoms. The van der Waals surface area contributed by atoms with Crippen molar-refractivity contribution in [3.05, 3.63) is 12.7 Å². The molecule has 16 heavy (non-hydrogen) atoms. The summed E-state index contributed by atoms with van der Waals surface area (Å²) < 4.78 is 5.02. The summed E-state index contributed by atoms with van der Waals surface area (Å²) in [6.07, 6.45) is 4.70. The second-order valence-electron chi connectivity index (χ2n) is 4.68. The molecule has 0 spiro atoms. The van der Waals surface area contributed by atoms with Gasteiger partial charge in [-0.25, -0.2) is 0 Å². The van der Waals surface area contributed by atoms with Gasteiger partial charge in [-0.15, -0.1) is 6.58 Å². The molecular formula is C13H26N2O. The summed E-state index contributed by atoms with van der Waals surface area (Å²) in [5, 5.41) is 3.46. The Balaban J connectivity index is 2.19. The maximum absolute atomic E-state index is 5.02. The van der Waals surface area contributed by atoms with Gasteiger partial charge in [0.15, 0.2) is 0 Å². The maximum atomic E-state index is 5.02. The second kappa shape index (κ2) is 7.82. The maximum Gasteiger partial charge on any atom is 0.0587 e. The highest BCUT2D eigenvalue weighted by molar-refractivity contribution is 4.87. The van der Waals surface area contributed by atoms with Crippen LogP contribution in [0.3, 0.4) is 0 Å². The molecule has 1 aliphatic rings. The lowest BCUT2D eigenvalue weighted by Crippen LogP contribution is -2.43. The van der Waals surface area contributed by atoms with Gasteiger partial charge in [0.1, 0.15) is 0 Å². The summed E-state index contributed by atoms with van der Waals surface area (Å²) >= 11 is 0. The number of hydrogen-bond acceptors (Lipinski definition) is 3. The number of methoxy groups -OCH3 is 1. The topological polar surface area (TPSA) is 24.5 Å². The lowest BCUT2D eigenvalue weighted by molar-refractivity contribution is 0.147. The number of likely N-dealkylation sites (tertiary alicyclic amines) is 1. The van der Waals surface area contributed by atoms with Gasteiger partial charge in [0, 0.05) is 26.2 Å². The lowest BCUT2D eigenvalue weighted by Gasteiger charge is -2.35. The van der Waals surface area contributed by atoms with E-state index >= 15 is 0 Å². The van der Waals surface area contributed by atoms with Gasteiger partial charge in [0.2, 0.25) is 0 Å². The Morgan fingerprint density at radius 1 is 1.62 bits per heavy atom. The first-order chi connectivity index (χ1) is 7.77. The molecule has 2 atom stereocenters. The fourth-order valence-corrected chi connectivity index (χ4v) is 2.26. The first-order valence-corrected chi connectivity index (χ1v) is 6.34. The van der Waals surface area contributed by atoms with Crippen molar-refractivity contribution in [1.82, 2.24) is 10.2 Å². The van der Waals surface area contributed by atoms with Gasteiger partial charge in [-0.1, -0.05) is 6.08 Å². The van der Waals surface area contributed by atoms with Crippen LogP contribution in [0.2, 0.25) is 0 Å². The molecule has 0 aliphatic carbocycles. The first kappa shape index (κ1) is 13.7. The highest BCUT2D eigenvalue weighted by Gasteiger charge is 2.21. The molecule has 0 aromatic heterocycles. The molecule has 0 bridgehead atoms. The van der Waals surface area contributed by atoms with E-state index in [1.807, 2.05) is 6.08 Å². The summed E-state index contributed by atoms with van der Waals surface area (Å²) in [6.45, 7) is 11.4. The van der Waals surface area contributed by atoms with E-state index in [-0.39, 0.29) is 0 Å². The van der Waals surface area contributed by atoms with Gasteiger partial charge >= 0.3 is 0 Å². The molecule has 3 nitrogen and oxygen atoms in total. The quantitative estimate of drug-likeness (QED) is 0.526. The van der Waals surface area contributed by atoms with Crippen LogP contribution in [0.5, 0.6) is 0 Å². The predicted molar refractivity (Wildman–Crippen MR) is 68.7 cm³/mol. The summed E-state index contributed by atoms with van der Waals surface area (Å²) in [4.78, 5) is 2.53. The second-order valence-corrected chi connectivity index (χ2v) is 4.68. The molecular weight excluding hydrogens is 200 g/mol. The van der Waals surface area contributed by atoms with E-state index in [4.69, 9.17) is 4.74 Å². The minimum atomic E-state index is 0.516. The Morgan fingerprint density at radius 2 is 2.44 bits per heavy atom. The van der Waals surface area contributed by atoms with Crippen LogP contribution in [0.1, 0.15) is 19.8 Å². The number of ether oxygens (including phenoxy) is 1. The summed E-state index contributed by atoms with van der Waals surface area (Å²) in [6, 6.07) is 0.516. The number of hydrogen-bond donors (Lipinski definition) is 1. The van der Waals surface area contributed by atoms with Crippen molar-refractivity contribution in [2.75, 3.05) is 39.9 Å². The standard InChI is InChI=1S/C13H26N2O/c1-4-12(2)15-8-5-6-13(11-15)10-14-7-9-16-3/h4,12-14H,1,5-11H2,2-3H3. The van der Waals surface area contributed by atoms with Crippen molar-refractivity contribution < 1.29 is 4.74 Å². The minimum absolute atomic E-state index is 0.516. The van der Waals surface area contributed by atoms with E-state index in [1.165, 1.54) is 25.9 Å². The molecule has 1 aliphatic heterocycles. The Hall–Kier alpha value is -0.380. The van der Waals surface area contributed by atoms with Gasteiger partial charge in [0.05, 0.1) is 6.61 Å². The number of rotatable bonds is 7. The van der Waals surface area contributed by atoms with Crippen LogP contribution in [-0.2, 0) is 4.74 Å². The molecule has 1 fully saturated rings. The SMILES string of the molecule is C=CC(C)N1CCCC(CNCCOC)C1. The molecule has 0 radical (unpaired) electrons. The van der Waals surface area contributed by atoms with E-state index < -0.39 is 0 Å². The van der Waals surface area contributed by atoms with Gasteiger partial charge in [-0.2, -0.15) is 0 Å². The molecule has 0 aromatic rings. The summed E-state index contributed by atoms with van der Waals surface area (Å²) in [5.41, 5.74) is 0. The minimum Gasteiger partial charge on any atom is -0.383 e. The highest BCUT2D eigenvalue weighted by Crippen LogP contribution is 2.18. The Labute approximate surface area is 99.8 Å². The zero-order valence-electron chi connectivity index (χ0n) is 10.7. The van der Waals surface area contributed by atoms with Crippen LogP contribution in [-0.4, -0.2) is 50.8 Å². The fraction of sp³-hybridized carbons (Fsp3) is 0.846. The number of nitrogens with zero attached hydrogens (tertiary/aromatic N) is 1. The van der Waals surface area contributed by atoms with Crippen molar-refractivity contribution in [3.8, 4) is 0 Å². The van der Waals surface area contributed by atoms with Crippen LogP contribution in [0.4, 0.5) is 0 Å². The number of nitrogens with one attached hydrogen (secondary N) is 1. The summed E-state index contributed by atoms with van der Waals surface area (Å²) in [7, 11) is 1.75. The fourth-order valence-electron chi connectivity index (χ4n) is 2.26. The van der Waals surface area contributed by atoms with Crippen molar-refractivity contribution in [1.29, 1.82) is 0 Å². The van der Waals surface area contributed by atoms with E-state index in [0.717, 1.165) is 25.6 Å². The van der Waals surface area contributed by atoms with Crippen molar-refractivity contribution in [2.24, 2.45) is 5.92 Å². The monoisotopic (exact) mass is 226 g/mol. The highest BCUT2D eigenvalue weighted by atomic mass is 16.5. The predicted octanol–water partition coefficient (Wildman–Crippen LogP) is 1.51. The van der Waals surface area contributed by atoms with E-state index in [2.05, 4.69) is 23.7 Å². The molecule has 1 N–H and O–H groups in total. The Morgan fingerprint density at radius 3 is 3.12 bits per heavy atom. The van der Waals surface area contributed by atoms with Crippen LogP contribution >= 0.6 is 0 Å². The molecule has 2 unspecified atom stereocenters. The van der Waals surface area contributed by atoms with Gasteiger partial charge in [0.25, 0.3) is 0 Å². The smallest absolute Gasteiger partial charge is 0.0587 e. The van der Waals surface area contributed by atoms with E-state index in [9.17, 15) is 0 Å². The molecule has 1 heterocycles. The molecule has 1 saturated heterocycles. The lowest BCUT2D eigenvalue weighted by atomic mass is 9.97. The third-order valence-corrected chi connectivity index (χ3v) is 3.38. The van der Waals surface area contributed by atoms with Crippen molar-refractivity contribution >= 4 is 0 Å². The normalized spacial score (nSPS) is 24.2. The Kier molecular flexibility index (Phi) is 6.69. The summed E-state index contributed by atoms with van der Waals surface area (Å²) in [5.74, 6) is 0.785. The third-order valence-electron chi connectivity index (χ3n) is 3.38. The molecule has 0 saturated carbocycles. The number of piperidine rings is 1. The molecule has 0 aromatic carbocycles. The largest absolute Gasteiger partial charge is 0.383 e. The van der Waals surface area contributed by atoms with Crippen LogP contribution in [0.15, 0.2) is 12.7 Å². The molecule has 0 amide bonds.